The molecular formula is C12H13N3O5S. The van der Waals surface area contributed by atoms with Gasteiger partial charge in [0.25, 0.3) is 0 Å². The van der Waals surface area contributed by atoms with Crippen molar-refractivity contribution in [3.63, 3.8) is 0 Å². The Morgan fingerprint density at radius 1 is 1.38 bits per heavy atom. The molecule has 9 heteroatoms. The van der Waals surface area contributed by atoms with Crippen LogP contribution in [0.1, 0.15) is 10.5 Å². The first-order valence-electron chi connectivity index (χ1n) is 5.93. The first-order valence-corrected chi connectivity index (χ1v) is 7.58. The number of aryl methyl sites for hydroxylation is 1. The van der Waals surface area contributed by atoms with Crippen LogP contribution in [-0.4, -0.2) is 47.4 Å². The van der Waals surface area contributed by atoms with Crippen molar-refractivity contribution in [3.05, 3.63) is 36.2 Å². The van der Waals surface area contributed by atoms with Crippen molar-refractivity contribution in [2.45, 2.75) is 11.4 Å². The monoisotopic (exact) mass is 311 g/mol. The molecule has 0 atom stereocenters. The van der Waals surface area contributed by atoms with Crippen LogP contribution in [0.5, 0.6) is 5.75 Å². The van der Waals surface area contributed by atoms with Crippen LogP contribution in [0, 0.1) is 0 Å². The highest BCUT2D eigenvalue weighted by Crippen LogP contribution is 2.23. The van der Waals surface area contributed by atoms with E-state index in [0.717, 1.165) is 0 Å². The molecule has 21 heavy (non-hydrogen) atoms. The predicted octanol–water partition coefficient (Wildman–Crippen LogP) is 0.459. The molecule has 0 aliphatic rings. The number of rotatable bonds is 6. The third-order valence-corrected chi connectivity index (χ3v) is 4.48. The summed E-state index contributed by atoms with van der Waals surface area (Å²) >= 11 is 0. The molecule has 2 rings (SSSR count). The number of para-hydroxylation sites is 1. The van der Waals surface area contributed by atoms with E-state index in [1.54, 1.807) is 18.2 Å². The van der Waals surface area contributed by atoms with Crippen molar-refractivity contribution < 1.29 is 23.1 Å². The number of carboxylic acids is 1. The molecule has 8 nitrogen and oxygen atoms in total. The summed E-state index contributed by atoms with van der Waals surface area (Å²) in [5.74, 6) is -1.19. The van der Waals surface area contributed by atoms with Crippen LogP contribution in [0.25, 0.3) is 0 Å². The van der Waals surface area contributed by atoms with Gasteiger partial charge in [0, 0.05) is 0 Å². The number of carboxylic acid groups (broad SMARTS) is 1. The van der Waals surface area contributed by atoms with Gasteiger partial charge in [0.15, 0.2) is 15.5 Å². The topological polar surface area (TPSA) is 111 Å². The summed E-state index contributed by atoms with van der Waals surface area (Å²) in [6, 6.07) is 6.30. The molecule has 1 N–H and O–H groups in total. The second-order valence-corrected chi connectivity index (χ2v) is 6.22. The summed E-state index contributed by atoms with van der Waals surface area (Å²) < 4.78 is 30.7. The highest BCUT2D eigenvalue weighted by Gasteiger charge is 2.19. The van der Waals surface area contributed by atoms with Crippen LogP contribution in [0.15, 0.2) is 35.4 Å². The maximum atomic E-state index is 12.3. The lowest BCUT2D eigenvalue weighted by Gasteiger charge is -2.08. The van der Waals surface area contributed by atoms with Gasteiger partial charge < -0.3 is 9.84 Å². The first kappa shape index (κ1) is 15.0. The van der Waals surface area contributed by atoms with Gasteiger partial charge in [0.05, 0.1) is 25.6 Å². The number of carbonyl (C=O) groups is 1. The zero-order valence-electron chi connectivity index (χ0n) is 11.1. The van der Waals surface area contributed by atoms with Crippen molar-refractivity contribution in [3.8, 4) is 5.75 Å². The molecule has 1 heterocycles. The molecule has 1 aromatic heterocycles. The Bertz CT molecular complexity index is 754. The number of hydrogen-bond donors (Lipinski definition) is 1. The van der Waals surface area contributed by atoms with E-state index in [4.69, 9.17) is 9.84 Å². The Balaban J connectivity index is 2.15. The summed E-state index contributed by atoms with van der Waals surface area (Å²) in [5.41, 5.74) is -0.232. The molecule has 0 saturated carbocycles. The lowest BCUT2D eigenvalue weighted by Crippen LogP contribution is -2.14. The average molecular weight is 311 g/mol. The molecule has 1 aromatic carbocycles. The van der Waals surface area contributed by atoms with Crippen molar-refractivity contribution in [1.82, 2.24) is 15.0 Å². The number of benzene rings is 1. The largest absolute Gasteiger partial charge is 0.495 e. The summed E-state index contributed by atoms with van der Waals surface area (Å²) in [7, 11) is -2.18. The van der Waals surface area contributed by atoms with Crippen LogP contribution in [0.3, 0.4) is 0 Å². The van der Waals surface area contributed by atoms with Crippen LogP contribution in [0.4, 0.5) is 0 Å². The minimum atomic E-state index is -3.57. The minimum absolute atomic E-state index is 0.000657. The first-order chi connectivity index (χ1) is 9.94. The average Bonchev–Trinajstić information content (AvgIpc) is 2.94. The van der Waals surface area contributed by atoms with E-state index in [0.29, 0.717) is 0 Å². The smallest absolute Gasteiger partial charge is 0.358 e. The molecule has 2 aromatic rings. The van der Waals surface area contributed by atoms with Crippen LogP contribution >= 0.6 is 0 Å². The number of aromatic carboxylic acids is 1. The fourth-order valence-corrected chi connectivity index (χ4v) is 3.10. The van der Waals surface area contributed by atoms with Gasteiger partial charge in [0.2, 0.25) is 0 Å². The van der Waals surface area contributed by atoms with E-state index >= 15 is 0 Å². The van der Waals surface area contributed by atoms with Gasteiger partial charge in [-0.25, -0.2) is 13.2 Å². The zero-order chi connectivity index (χ0) is 15.5. The summed E-state index contributed by atoms with van der Waals surface area (Å²) in [6.45, 7) is 0.000657. The Morgan fingerprint density at radius 3 is 2.71 bits per heavy atom. The third-order valence-electron chi connectivity index (χ3n) is 2.75. The number of hydrogen-bond acceptors (Lipinski definition) is 6. The van der Waals surface area contributed by atoms with Crippen LogP contribution < -0.4 is 4.74 Å². The summed E-state index contributed by atoms with van der Waals surface area (Å²) in [4.78, 5) is 10.8. The standard InChI is InChI=1S/C12H13N3O5S/c1-20-10-4-2-3-5-11(10)21(18,19)7-6-15-8-9(12(16)17)13-14-15/h2-5,8H,6-7H2,1H3,(H,16,17). The fraction of sp³-hybridized carbons (Fsp3) is 0.250. The summed E-state index contributed by atoms with van der Waals surface area (Å²) in [5, 5.41) is 15.7. The molecule has 0 saturated heterocycles. The molecule has 0 radical (unpaired) electrons. The molecule has 0 aliphatic carbocycles. The van der Waals surface area contributed by atoms with Crippen molar-refractivity contribution >= 4 is 15.8 Å². The number of ether oxygens (including phenoxy) is 1. The van der Waals surface area contributed by atoms with E-state index in [9.17, 15) is 13.2 Å². The number of methoxy groups -OCH3 is 1. The second kappa shape index (κ2) is 5.92. The summed E-state index contributed by atoms with van der Waals surface area (Å²) in [6.07, 6.45) is 1.18. The van der Waals surface area contributed by atoms with Crippen molar-refractivity contribution in [2.75, 3.05) is 12.9 Å². The van der Waals surface area contributed by atoms with Gasteiger partial charge in [-0.05, 0) is 12.1 Å². The second-order valence-electron chi connectivity index (χ2n) is 4.14. The number of sulfone groups is 1. The highest BCUT2D eigenvalue weighted by atomic mass is 32.2. The molecule has 0 bridgehead atoms. The van der Waals surface area contributed by atoms with Crippen LogP contribution in [-0.2, 0) is 16.4 Å². The van der Waals surface area contributed by atoms with Crippen molar-refractivity contribution in [1.29, 1.82) is 0 Å². The molecule has 0 spiro atoms. The van der Waals surface area contributed by atoms with Crippen LogP contribution in [0.2, 0.25) is 0 Å². The highest BCUT2D eigenvalue weighted by molar-refractivity contribution is 7.91. The van der Waals surface area contributed by atoms with Crippen molar-refractivity contribution in [2.24, 2.45) is 0 Å². The van der Waals surface area contributed by atoms with Gasteiger partial charge in [-0.15, -0.1) is 5.10 Å². The van der Waals surface area contributed by atoms with Gasteiger partial charge >= 0.3 is 5.97 Å². The lowest BCUT2D eigenvalue weighted by molar-refractivity contribution is 0.0690. The van der Waals surface area contributed by atoms with Gasteiger partial charge in [-0.1, -0.05) is 17.3 Å². The Hall–Kier alpha value is -2.42. The van der Waals surface area contributed by atoms with E-state index in [1.807, 2.05) is 0 Å². The normalized spacial score (nSPS) is 11.3. The third kappa shape index (κ3) is 3.37. The number of nitrogens with zero attached hydrogens (tertiary/aromatic N) is 3. The molecule has 0 fully saturated rings. The predicted molar refractivity (Wildman–Crippen MR) is 72.0 cm³/mol. The minimum Gasteiger partial charge on any atom is -0.495 e. The fourth-order valence-electron chi connectivity index (χ4n) is 1.71. The SMILES string of the molecule is COc1ccccc1S(=O)(=O)CCn1cc(C(=O)O)nn1. The molecule has 0 amide bonds. The zero-order valence-corrected chi connectivity index (χ0v) is 11.9. The van der Waals surface area contributed by atoms with Gasteiger partial charge in [0.1, 0.15) is 10.6 Å². The van der Waals surface area contributed by atoms with E-state index in [-0.39, 0.29) is 28.6 Å². The molecule has 0 aliphatic heterocycles. The van der Waals surface area contributed by atoms with E-state index in [2.05, 4.69) is 10.3 Å². The quantitative estimate of drug-likeness (QED) is 0.824. The maximum absolute atomic E-state index is 12.3. The maximum Gasteiger partial charge on any atom is 0.358 e. The Kier molecular flexibility index (Phi) is 4.22. The molecular weight excluding hydrogens is 298 g/mol. The van der Waals surface area contributed by atoms with Gasteiger partial charge in [-0.2, -0.15) is 0 Å². The van der Waals surface area contributed by atoms with E-state index < -0.39 is 15.8 Å². The molecule has 0 unspecified atom stereocenters. The van der Waals surface area contributed by atoms with Gasteiger partial charge in [-0.3, -0.25) is 4.68 Å². The Labute approximate surface area is 120 Å². The Morgan fingerprint density at radius 2 is 2.10 bits per heavy atom. The van der Waals surface area contributed by atoms with E-state index in [1.165, 1.54) is 24.1 Å². The lowest BCUT2D eigenvalue weighted by atomic mass is 10.3. The number of aromatic nitrogens is 3. The molecule has 112 valence electrons.